The highest BCUT2D eigenvalue weighted by Gasteiger charge is 2.31. The van der Waals surface area contributed by atoms with Gasteiger partial charge in [0.25, 0.3) is 0 Å². The molecule has 2 aromatic rings. The Bertz CT molecular complexity index is 1030. The third-order valence-corrected chi connectivity index (χ3v) is 11.1. The van der Waals surface area contributed by atoms with Gasteiger partial charge in [-0.05, 0) is 60.9 Å². The van der Waals surface area contributed by atoms with Crippen molar-refractivity contribution in [3.63, 3.8) is 0 Å². The number of rotatable bonds is 14. The van der Waals surface area contributed by atoms with Crippen LogP contribution in [0.3, 0.4) is 0 Å². The molecule has 38 heavy (non-hydrogen) atoms. The van der Waals surface area contributed by atoms with E-state index in [0.717, 1.165) is 71.7 Å². The summed E-state index contributed by atoms with van der Waals surface area (Å²) < 4.78 is 20.7. The molecule has 1 aliphatic rings. The van der Waals surface area contributed by atoms with E-state index in [2.05, 4.69) is 77.9 Å². The van der Waals surface area contributed by atoms with E-state index in [0.29, 0.717) is 20.1 Å². The van der Waals surface area contributed by atoms with E-state index >= 15 is 0 Å². The predicted molar refractivity (Wildman–Crippen MR) is 167 cm³/mol. The molecular weight excluding hydrogens is 627 g/mol. The smallest absolute Gasteiger partial charge is 0.308 e. The summed E-state index contributed by atoms with van der Waals surface area (Å²) in [4.78, 5) is 19.7. The van der Waals surface area contributed by atoms with Crippen LogP contribution in [-0.4, -0.2) is 70.0 Å². The van der Waals surface area contributed by atoms with Crippen LogP contribution >= 0.6 is 22.6 Å². The quantitative estimate of drug-likeness (QED) is 0.0735. The molecule has 0 aromatic carbocycles. The summed E-state index contributed by atoms with van der Waals surface area (Å²) >= 11 is 2.30. The number of anilines is 1. The Morgan fingerprint density at radius 1 is 1.08 bits per heavy atom. The van der Waals surface area contributed by atoms with Crippen molar-refractivity contribution >= 4 is 56.2 Å². The SMILES string of the molecule is CCOC(=O)C1CCCC(c2cc(N(COCC[Si](C)(C)C)COCC[Si](C)(C)C)n3ncc(I)c3n2)C1. The molecule has 1 fully saturated rings. The van der Waals surface area contributed by atoms with E-state index in [1.165, 1.54) is 0 Å². The van der Waals surface area contributed by atoms with Crippen LogP contribution in [0.5, 0.6) is 0 Å². The van der Waals surface area contributed by atoms with Crippen LogP contribution in [0.15, 0.2) is 12.3 Å². The van der Waals surface area contributed by atoms with Gasteiger partial charge >= 0.3 is 5.97 Å². The lowest BCUT2D eigenvalue weighted by molar-refractivity contribution is -0.149. The fourth-order valence-electron chi connectivity index (χ4n) is 4.58. The molecule has 0 radical (unpaired) electrons. The zero-order chi connectivity index (χ0) is 27.9. The van der Waals surface area contributed by atoms with Crippen molar-refractivity contribution in [2.24, 2.45) is 5.92 Å². The van der Waals surface area contributed by atoms with E-state index in [4.69, 9.17) is 19.2 Å². The number of halogens is 1. The monoisotopic (exact) mass is 674 g/mol. The summed E-state index contributed by atoms with van der Waals surface area (Å²) in [5.74, 6) is 0.984. The van der Waals surface area contributed by atoms with Crippen LogP contribution in [0.1, 0.15) is 44.2 Å². The molecule has 0 spiro atoms. The van der Waals surface area contributed by atoms with Crippen LogP contribution < -0.4 is 4.90 Å². The Balaban J connectivity index is 1.87. The molecule has 3 rings (SSSR count). The zero-order valence-electron chi connectivity index (χ0n) is 24.4. The van der Waals surface area contributed by atoms with Gasteiger partial charge in [-0.2, -0.15) is 9.61 Å². The Morgan fingerprint density at radius 3 is 2.29 bits per heavy atom. The number of hydrogen-bond acceptors (Lipinski definition) is 7. The molecule has 2 unspecified atom stereocenters. The number of fused-ring (bicyclic) bond motifs is 1. The molecule has 0 saturated heterocycles. The standard InChI is InChI=1S/C27H47IN4O4Si2/c1-8-36-27(33)22-11-9-10-21(16-22)24-17-25(32-26(30-24)23(28)18-29-32)31(19-34-12-14-37(2,3)4)20-35-13-15-38(5,6)7/h17-18,21-22H,8-16,19-20H2,1-7H3. The van der Waals surface area contributed by atoms with Crippen LogP contribution in [0.4, 0.5) is 5.82 Å². The minimum Gasteiger partial charge on any atom is -0.466 e. The lowest BCUT2D eigenvalue weighted by atomic mass is 9.79. The first-order valence-electron chi connectivity index (χ1n) is 14.0. The van der Waals surface area contributed by atoms with E-state index in [9.17, 15) is 4.79 Å². The topological polar surface area (TPSA) is 78.2 Å². The predicted octanol–water partition coefficient (Wildman–Crippen LogP) is 6.60. The minimum atomic E-state index is -1.19. The number of hydrogen-bond donors (Lipinski definition) is 0. The first-order chi connectivity index (χ1) is 17.9. The molecule has 2 heterocycles. The summed E-state index contributed by atoms with van der Waals surface area (Å²) in [6.07, 6.45) is 5.52. The molecule has 0 N–H and O–H groups in total. The summed E-state index contributed by atoms with van der Waals surface area (Å²) in [5, 5.41) is 4.66. The summed E-state index contributed by atoms with van der Waals surface area (Å²) in [6.45, 7) is 18.8. The highest BCUT2D eigenvalue weighted by molar-refractivity contribution is 14.1. The molecule has 0 amide bonds. The number of esters is 1. The van der Waals surface area contributed by atoms with Crippen molar-refractivity contribution in [1.82, 2.24) is 14.6 Å². The third kappa shape index (κ3) is 9.56. The molecule has 8 nitrogen and oxygen atoms in total. The maximum atomic E-state index is 12.5. The van der Waals surface area contributed by atoms with Crippen molar-refractivity contribution in [2.75, 3.05) is 38.2 Å². The molecule has 1 saturated carbocycles. The van der Waals surface area contributed by atoms with Crippen molar-refractivity contribution in [3.05, 3.63) is 21.5 Å². The van der Waals surface area contributed by atoms with Crippen LogP contribution in [0.25, 0.3) is 5.65 Å². The Kier molecular flexibility index (Phi) is 11.6. The van der Waals surface area contributed by atoms with Gasteiger partial charge in [-0.3, -0.25) is 4.79 Å². The first-order valence-corrected chi connectivity index (χ1v) is 22.5. The van der Waals surface area contributed by atoms with Crippen LogP contribution in [0, 0.1) is 9.49 Å². The maximum Gasteiger partial charge on any atom is 0.308 e. The molecule has 0 bridgehead atoms. The van der Waals surface area contributed by atoms with Crippen molar-refractivity contribution < 1.29 is 19.0 Å². The molecule has 2 aromatic heterocycles. The second-order valence-electron chi connectivity index (χ2n) is 12.8. The number of aromatic nitrogens is 3. The molecule has 1 aliphatic carbocycles. The van der Waals surface area contributed by atoms with E-state index in [1.54, 1.807) is 0 Å². The fraction of sp³-hybridized carbons (Fsp3) is 0.741. The van der Waals surface area contributed by atoms with Gasteiger partial charge in [-0.25, -0.2) is 4.98 Å². The van der Waals surface area contributed by atoms with Crippen molar-refractivity contribution in [3.8, 4) is 0 Å². The largest absolute Gasteiger partial charge is 0.466 e. The van der Waals surface area contributed by atoms with Gasteiger partial charge in [-0.15, -0.1) is 0 Å². The van der Waals surface area contributed by atoms with Crippen molar-refractivity contribution in [2.45, 2.75) is 89.9 Å². The second kappa shape index (κ2) is 14.0. The Morgan fingerprint density at radius 2 is 1.71 bits per heavy atom. The van der Waals surface area contributed by atoms with Gasteiger partial charge in [0.2, 0.25) is 0 Å². The number of nitrogens with zero attached hydrogens (tertiary/aromatic N) is 4. The number of carbonyl (C=O) groups excluding carboxylic acids is 1. The molecule has 214 valence electrons. The average Bonchev–Trinajstić information content (AvgIpc) is 3.22. The van der Waals surface area contributed by atoms with Gasteiger partial charge in [-0.1, -0.05) is 45.7 Å². The minimum absolute atomic E-state index is 0.0648. The molecular formula is C27H47IN4O4Si2. The second-order valence-corrected chi connectivity index (χ2v) is 25.2. The lowest BCUT2D eigenvalue weighted by Crippen LogP contribution is -2.33. The highest BCUT2D eigenvalue weighted by atomic mass is 127. The Hall–Kier alpha value is -1.03. The lowest BCUT2D eigenvalue weighted by Gasteiger charge is -2.30. The Labute approximate surface area is 244 Å². The zero-order valence-corrected chi connectivity index (χ0v) is 28.5. The third-order valence-electron chi connectivity index (χ3n) is 6.95. The van der Waals surface area contributed by atoms with Gasteiger partial charge < -0.3 is 19.1 Å². The normalized spacial score (nSPS) is 18.6. The molecule has 0 aliphatic heterocycles. The van der Waals surface area contributed by atoms with E-state index in [1.807, 2.05) is 17.6 Å². The summed E-state index contributed by atoms with van der Waals surface area (Å²) in [5.41, 5.74) is 1.85. The van der Waals surface area contributed by atoms with Gasteiger partial charge in [0.05, 0.1) is 22.3 Å². The van der Waals surface area contributed by atoms with Gasteiger partial charge in [0, 0.05) is 47.0 Å². The van der Waals surface area contributed by atoms with Crippen molar-refractivity contribution in [1.29, 1.82) is 0 Å². The summed E-state index contributed by atoms with van der Waals surface area (Å²) in [7, 11) is -2.38. The maximum absolute atomic E-state index is 12.5. The van der Waals surface area contributed by atoms with Crippen LogP contribution in [0.2, 0.25) is 51.4 Å². The molecule has 2 atom stereocenters. The molecule has 11 heteroatoms. The van der Waals surface area contributed by atoms with Crippen LogP contribution in [-0.2, 0) is 19.0 Å². The number of carbonyl (C=O) groups is 1. The van der Waals surface area contributed by atoms with Gasteiger partial charge in [0.1, 0.15) is 19.3 Å². The summed E-state index contributed by atoms with van der Waals surface area (Å²) in [6, 6.07) is 4.37. The van der Waals surface area contributed by atoms with E-state index in [-0.39, 0.29) is 17.8 Å². The highest BCUT2D eigenvalue weighted by Crippen LogP contribution is 2.37. The average molecular weight is 675 g/mol. The van der Waals surface area contributed by atoms with E-state index < -0.39 is 16.1 Å². The fourth-order valence-corrected chi connectivity index (χ4v) is 6.57. The first kappa shape index (κ1) is 31.5. The number of ether oxygens (including phenoxy) is 3. The van der Waals surface area contributed by atoms with Gasteiger partial charge in [0.15, 0.2) is 5.65 Å².